The molecule has 8 heteroatoms. The SMILES string of the molecule is CC(C)(C(=O)N1C[C@@H](C(F)(F)F)[C@H](C(=O)O)C1)c1cccc(Cl)c1. The maximum absolute atomic E-state index is 13.1. The van der Waals surface area contributed by atoms with E-state index < -0.39 is 48.4 Å². The molecule has 0 bridgehead atoms. The van der Waals surface area contributed by atoms with E-state index in [2.05, 4.69) is 0 Å². The number of carboxylic acid groups (broad SMARTS) is 1. The van der Waals surface area contributed by atoms with Gasteiger partial charge in [0.25, 0.3) is 0 Å². The predicted molar refractivity (Wildman–Crippen MR) is 81.7 cm³/mol. The predicted octanol–water partition coefficient (Wildman–Crippen LogP) is 3.34. The summed E-state index contributed by atoms with van der Waals surface area (Å²) in [5.74, 6) is -5.81. The van der Waals surface area contributed by atoms with Crippen LogP contribution in [0.4, 0.5) is 13.2 Å². The number of aliphatic carboxylic acids is 1. The Balaban J connectivity index is 2.28. The fraction of sp³-hybridized carbons (Fsp3) is 0.500. The van der Waals surface area contributed by atoms with Crippen molar-refractivity contribution < 1.29 is 27.9 Å². The number of carbonyl (C=O) groups is 2. The van der Waals surface area contributed by atoms with Crippen molar-refractivity contribution >= 4 is 23.5 Å². The Morgan fingerprint density at radius 1 is 1.25 bits per heavy atom. The van der Waals surface area contributed by atoms with Crippen LogP contribution in [-0.2, 0) is 15.0 Å². The summed E-state index contributed by atoms with van der Waals surface area (Å²) in [5.41, 5.74) is -0.559. The van der Waals surface area contributed by atoms with Gasteiger partial charge < -0.3 is 10.0 Å². The minimum absolute atomic E-state index is 0.409. The Hall–Kier alpha value is -1.76. The van der Waals surface area contributed by atoms with E-state index in [1.165, 1.54) is 0 Å². The van der Waals surface area contributed by atoms with Crippen molar-refractivity contribution in [2.75, 3.05) is 13.1 Å². The molecule has 2 atom stereocenters. The second-order valence-electron chi connectivity index (χ2n) is 6.44. The second kappa shape index (κ2) is 6.27. The average Bonchev–Trinajstić information content (AvgIpc) is 2.91. The first-order chi connectivity index (χ1) is 10.9. The zero-order valence-electron chi connectivity index (χ0n) is 13.1. The number of benzene rings is 1. The molecule has 0 unspecified atom stereocenters. The van der Waals surface area contributed by atoms with Gasteiger partial charge in [0.15, 0.2) is 0 Å². The van der Waals surface area contributed by atoms with Crippen LogP contribution in [0.5, 0.6) is 0 Å². The third-order valence-corrected chi connectivity index (χ3v) is 4.66. The minimum Gasteiger partial charge on any atom is -0.481 e. The smallest absolute Gasteiger partial charge is 0.394 e. The molecule has 0 aliphatic carbocycles. The molecule has 1 fully saturated rings. The van der Waals surface area contributed by atoms with E-state index in [1.807, 2.05) is 0 Å². The summed E-state index contributed by atoms with van der Waals surface area (Å²) in [6.45, 7) is 2.06. The van der Waals surface area contributed by atoms with Gasteiger partial charge in [0.05, 0.1) is 17.3 Å². The highest BCUT2D eigenvalue weighted by atomic mass is 35.5. The van der Waals surface area contributed by atoms with E-state index in [0.717, 1.165) is 4.90 Å². The van der Waals surface area contributed by atoms with Gasteiger partial charge in [-0.2, -0.15) is 13.2 Å². The maximum atomic E-state index is 13.1. The topological polar surface area (TPSA) is 57.6 Å². The first-order valence-corrected chi connectivity index (χ1v) is 7.67. The van der Waals surface area contributed by atoms with Crippen LogP contribution < -0.4 is 0 Å². The number of amides is 1. The summed E-state index contributed by atoms with van der Waals surface area (Å²) < 4.78 is 39.2. The molecule has 0 aromatic heterocycles. The van der Waals surface area contributed by atoms with Crippen LogP contribution in [0.15, 0.2) is 24.3 Å². The first kappa shape index (κ1) is 18.6. The number of halogens is 4. The van der Waals surface area contributed by atoms with Crippen LogP contribution in [0.25, 0.3) is 0 Å². The van der Waals surface area contributed by atoms with Crippen molar-refractivity contribution in [1.82, 2.24) is 4.90 Å². The zero-order chi connectivity index (χ0) is 18.3. The maximum Gasteiger partial charge on any atom is 0.394 e. The van der Waals surface area contributed by atoms with Gasteiger partial charge in [-0.3, -0.25) is 9.59 Å². The highest BCUT2D eigenvalue weighted by molar-refractivity contribution is 6.30. The van der Waals surface area contributed by atoms with E-state index >= 15 is 0 Å². The molecular weight excluding hydrogens is 347 g/mol. The zero-order valence-corrected chi connectivity index (χ0v) is 13.9. The Kier molecular flexibility index (Phi) is 4.86. The molecular formula is C16H17ClF3NO3. The van der Waals surface area contributed by atoms with Gasteiger partial charge in [-0.25, -0.2) is 0 Å². The molecule has 1 saturated heterocycles. The number of carbonyl (C=O) groups excluding carboxylic acids is 1. The van der Waals surface area contributed by atoms with Crippen molar-refractivity contribution in [2.24, 2.45) is 11.8 Å². The molecule has 24 heavy (non-hydrogen) atoms. The quantitative estimate of drug-likeness (QED) is 0.896. The van der Waals surface area contributed by atoms with Crippen molar-refractivity contribution in [3.05, 3.63) is 34.9 Å². The number of hydrogen-bond donors (Lipinski definition) is 1. The van der Waals surface area contributed by atoms with E-state index in [4.69, 9.17) is 16.7 Å². The van der Waals surface area contributed by atoms with Gasteiger partial charge in [-0.1, -0.05) is 23.7 Å². The lowest BCUT2D eigenvalue weighted by molar-refractivity contribution is -0.188. The molecule has 1 aliphatic rings. The van der Waals surface area contributed by atoms with E-state index in [-0.39, 0.29) is 0 Å². The van der Waals surface area contributed by atoms with Crippen molar-refractivity contribution in [2.45, 2.75) is 25.4 Å². The number of hydrogen-bond acceptors (Lipinski definition) is 2. The summed E-state index contributed by atoms with van der Waals surface area (Å²) in [5, 5.41) is 9.46. The van der Waals surface area contributed by atoms with Gasteiger partial charge in [0, 0.05) is 18.1 Å². The lowest BCUT2D eigenvalue weighted by atomic mass is 9.83. The van der Waals surface area contributed by atoms with Crippen LogP contribution in [0.3, 0.4) is 0 Å². The lowest BCUT2D eigenvalue weighted by Crippen LogP contribution is -2.43. The third-order valence-electron chi connectivity index (χ3n) is 4.43. The van der Waals surface area contributed by atoms with Crippen LogP contribution in [0.2, 0.25) is 5.02 Å². The molecule has 2 rings (SSSR count). The Morgan fingerprint density at radius 3 is 2.33 bits per heavy atom. The molecule has 1 heterocycles. The molecule has 1 aliphatic heterocycles. The molecule has 1 N–H and O–H groups in total. The van der Waals surface area contributed by atoms with Crippen LogP contribution in [-0.4, -0.2) is 41.1 Å². The molecule has 1 amide bonds. The summed E-state index contributed by atoms with van der Waals surface area (Å²) in [4.78, 5) is 24.9. The molecule has 1 aromatic rings. The highest BCUT2D eigenvalue weighted by Gasteiger charge is 2.54. The fourth-order valence-electron chi connectivity index (χ4n) is 2.95. The molecule has 132 valence electrons. The van der Waals surface area contributed by atoms with Gasteiger partial charge in [0.2, 0.25) is 5.91 Å². The molecule has 1 aromatic carbocycles. The third kappa shape index (κ3) is 3.50. The van der Waals surface area contributed by atoms with E-state index in [9.17, 15) is 22.8 Å². The molecule has 0 radical (unpaired) electrons. The van der Waals surface area contributed by atoms with E-state index in [1.54, 1.807) is 38.1 Å². The lowest BCUT2D eigenvalue weighted by Gasteiger charge is -2.30. The Labute approximate surface area is 142 Å². The Bertz CT molecular complexity index is 660. The number of rotatable bonds is 3. The molecule has 0 spiro atoms. The van der Waals surface area contributed by atoms with Gasteiger partial charge >= 0.3 is 12.1 Å². The summed E-state index contributed by atoms with van der Waals surface area (Å²) in [6, 6.07) is 6.51. The second-order valence-corrected chi connectivity index (χ2v) is 6.87. The van der Waals surface area contributed by atoms with Crippen LogP contribution >= 0.6 is 11.6 Å². The number of alkyl halides is 3. The van der Waals surface area contributed by atoms with Gasteiger partial charge in [0.1, 0.15) is 0 Å². The normalized spacial score (nSPS) is 21.8. The van der Waals surface area contributed by atoms with Gasteiger partial charge in [-0.15, -0.1) is 0 Å². The average molecular weight is 364 g/mol. The highest BCUT2D eigenvalue weighted by Crippen LogP contribution is 2.39. The van der Waals surface area contributed by atoms with Crippen molar-refractivity contribution in [1.29, 1.82) is 0 Å². The largest absolute Gasteiger partial charge is 0.481 e. The first-order valence-electron chi connectivity index (χ1n) is 7.29. The monoisotopic (exact) mass is 363 g/mol. The van der Waals surface area contributed by atoms with Crippen LogP contribution in [0, 0.1) is 11.8 Å². The Morgan fingerprint density at radius 2 is 1.88 bits per heavy atom. The fourth-order valence-corrected chi connectivity index (χ4v) is 3.14. The van der Waals surface area contributed by atoms with Crippen LogP contribution in [0.1, 0.15) is 19.4 Å². The molecule has 4 nitrogen and oxygen atoms in total. The van der Waals surface area contributed by atoms with E-state index in [0.29, 0.717) is 10.6 Å². The van der Waals surface area contributed by atoms with Crippen molar-refractivity contribution in [3.63, 3.8) is 0 Å². The standard InChI is InChI=1S/C16H17ClF3NO3/c1-15(2,9-4-3-5-10(17)6-9)14(24)21-7-11(13(22)23)12(8-21)16(18,19)20/h3-6,11-12H,7-8H2,1-2H3,(H,22,23)/t11-,12-/m1/s1. The summed E-state index contributed by atoms with van der Waals surface area (Å²) in [7, 11) is 0. The van der Waals surface area contributed by atoms with Crippen molar-refractivity contribution in [3.8, 4) is 0 Å². The summed E-state index contributed by atoms with van der Waals surface area (Å²) >= 11 is 5.91. The molecule has 0 saturated carbocycles. The number of nitrogens with zero attached hydrogens (tertiary/aromatic N) is 1. The number of likely N-dealkylation sites (tertiary alicyclic amines) is 1. The summed E-state index contributed by atoms with van der Waals surface area (Å²) in [6.07, 6.45) is -4.67. The number of carboxylic acids is 1. The minimum atomic E-state index is -4.67. The van der Waals surface area contributed by atoms with Gasteiger partial charge in [-0.05, 0) is 31.5 Å².